The van der Waals surface area contributed by atoms with Crippen LogP contribution in [0, 0.1) is 5.92 Å². The minimum Gasteiger partial charge on any atom is -0.478 e. The summed E-state index contributed by atoms with van der Waals surface area (Å²) < 4.78 is 27.9. The van der Waals surface area contributed by atoms with E-state index in [2.05, 4.69) is 9.44 Å². The van der Waals surface area contributed by atoms with Crippen molar-refractivity contribution in [1.29, 1.82) is 0 Å². The van der Waals surface area contributed by atoms with Crippen molar-refractivity contribution in [2.24, 2.45) is 5.92 Å². The molecule has 0 saturated heterocycles. The van der Waals surface area contributed by atoms with Crippen LogP contribution in [0.1, 0.15) is 24.2 Å². The maximum atomic E-state index is 11.7. The van der Waals surface area contributed by atoms with Crippen molar-refractivity contribution >= 4 is 33.5 Å². The molecule has 0 unspecified atom stereocenters. The van der Waals surface area contributed by atoms with Crippen LogP contribution in [0.25, 0.3) is 0 Å². The summed E-state index contributed by atoms with van der Waals surface area (Å²) >= 11 is 5.74. The number of anilines is 1. The van der Waals surface area contributed by atoms with E-state index in [1.54, 1.807) is 0 Å². The zero-order chi connectivity index (χ0) is 14.6. The Morgan fingerprint density at radius 2 is 2.05 bits per heavy atom. The van der Waals surface area contributed by atoms with E-state index in [0.29, 0.717) is 6.54 Å². The van der Waals surface area contributed by atoms with Gasteiger partial charge in [0, 0.05) is 6.54 Å². The predicted molar refractivity (Wildman–Crippen MR) is 73.8 cm³/mol. The monoisotopic (exact) mass is 306 g/mol. The normalized spacial score (nSPS) is 11.6. The number of benzene rings is 1. The summed E-state index contributed by atoms with van der Waals surface area (Å²) in [5, 5.41) is 8.77. The number of carboxylic acid groups (broad SMARTS) is 1. The molecule has 8 heteroatoms. The van der Waals surface area contributed by atoms with Gasteiger partial charge in [-0.1, -0.05) is 25.4 Å². The van der Waals surface area contributed by atoms with Gasteiger partial charge in [-0.05, 0) is 24.1 Å². The van der Waals surface area contributed by atoms with Gasteiger partial charge in [0.25, 0.3) is 10.2 Å². The Morgan fingerprint density at radius 3 is 2.53 bits per heavy atom. The smallest absolute Gasteiger partial charge is 0.337 e. The summed E-state index contributed by atoms with van der Waals surface area (Å²) in [6.07, 6.45) is 0. The third-order valence-electron chi connectivity index (χ3n) is 2.13. The molecule has 0 aliphatic carbocycles. The molecular formula is C11H15ClN2O4S. The second-order valence-electron chi connectivity index (χ2n) is 4.35. The lowest BCUT2D eigenvalue weighted by Crippen LogP contribution is -2.32. The molecule has 19 heavy (non-hydrogen) atoms. The van der Waals surface area contributed by atoms with E-state index >= 15 is 0 Å². The van der Waals surface area contributed by atoms with Gasteiger partial charge >= 0.3 is 5.97 Å². The number of hydrogen-bond donors (Lipinski definition) is 3. The quantitative estimate of drug-likeness (QED) is 0.748. The van der Waals surface area contributed by atoms with Crippen molar-refractivity contribution in [2.45, 2.75) is 13.8 Å². The molecule has 0 heterocycles. The number of hydrogen-bond acceptors (Lipinski definition) is 3. The van der Waals surface area contributed by atoms with E-state index in [1.807, 2.05) is 13.8 Å². The van der Waals surface area contributed by atoms with E-state index in [0.717, 1.165) is 0 Å². The van der Waals surface area contributed by atoms with Crippen LogP contribution in [-0.4, -0.2) is 26.0 Å². The van der Waals surface area contributed by atoms with Gasteiger partial charge in [-0.2, -0.15) is 13.1 Å². The molecule has 106 valence electrons. The molecule has 1 rings (SSSR count). The fraction of sp³-hybridized carbons (Fsp3) is 0.364. The standard InChI is InChI=1S/C11H15ClN2O4S/c1-7(2)6-13-19(17,18)14-8-3-4-9(11(15)16)10(12)5-8/h3-5,7,13-14H,6H2,1-2H3,(H,15,16). The van der Waals surface area contributed by atoms with Crippen molar-refractivity contribution in [3.63, 3.8) is 0 Å². The largest absolute Gasteiger partial charge is 0.478 e. The van der Waals surface area contributed by atoms with Gasteiger partial charge in [0.15, 0.2) is 0 Å². The van der Waals surface area contributed by atoms with Crippen LogP contribution in [0.2, 0.25) is 5.02 Å². The second-order valence-corrected chi connectivity index (χ2v) is 6.25. The third-order valence-corrected chi connectivity index (χ3v) is 3.50. The van der Waals surface area contributed by atoms with Crippen LogP contribution in [0.3, 0.4) is 0 Å². The first-order valence-corrected chi connectivity index (χ1v) is 7.37. The summed E-state index contributed by atoms with van der Waals surface area (Å²) in [6.45, 7) is 4.05. The Bertz CT molecular complexity index is 572. The average molecular weight is 307 g/mol. The molecule has 1 aromatic carbocycles. The number of halogens is 1. The first-order chi connectivity index (χ1) is 8.71. The summed E-state index contributed by atoms with van der Waals surface area (Å²) in [7, 11) is -3.69. The van der Waals surface area contributed by atoms with Gasteiger partial charge in [-0.15, -0.1) is 0 Å². The second kappa shape index (κ2) is 6.23. The minimum atomic E-state index is -3.69. The number of nitrogens with one attached hydrogen (secondary N) is 2. The molecule has 6 nitrogen and oxygen atoms in total. The molecule has 1 aromatic rings. The average Bonchev–Trinajstić information content (AvgIpc) is 2.25. The van der Waals surface area contributed by atoms with Crippen LogP contribution in [0.5, 0.6) is 0 Å². The van der Waals surface area contributed by atoms with Gasteiger partial charge in [-0.25, -0.2) is 4.79 Å². The Balaban J connectivity index is 2.83. The molecular weight excluding hydrogens is 292 g/mol. The highest BCUT2D eigenvalue weighted by Gasteiger charge is 2.13. The fourth-order valence-electron chi connectivity index (χ4n) is 1.22. The van der Waals surface area contributed by atoms with Crippen LogP contribution in [0.4, 0.5) is 5.69 Å². The molecule has 0 saturated carbocycles. The number of rotatable bonds is 6. The van der Waals surface area contributed by atoms with Crippen molar-refractivity contribution in [2.75, 3.05) is 11.3 Å². The molecule has 0 fully saturated rings. The van der Waals surface area contributed by atoms with Crippen molar-refractivity contribution < 1.29 is 18.3 Å². The van der Waals surface area contributed by atoms with Crippen LogP contribution in [-0.2, 0) is 10.2 Å². The molecule has 0 spiro atoms. The van der Waals surface area contributed by atoms with Crippen LogP contribution < -0.4 is 9.44 Å². The molecule has 0 aromatic heterocycles. The Morgan fingerprint density at radius 1 is 1.42 bits per heavy atom. The highest BCUT2D eigenvalue weighted by molar-refractivity contribution is 7.90. The molecule has 0 amide bonds. The first-order valence-electron chi connectivity index (χ1n) is 5.51. The van der Waals surface area contributed by atoms with Gasteiger partial charge in [0.1, 0.15) is 0 Å². The molecule has 0 aliphatic heterocycles. The Kier molecular flexibility index (Phi) is 5.16. The third kappa shape index (κ3) is 5.06. The zero-order valence-corrected chi connectivity index (χ0v) is 12.0. The van der Waals surface area contributed by atoms with Crippen LogP contribution >= 0.6 is 11.6 Å². The predicted octanol–water partition coefficient (Wildman–Crippen LogP) is 1.94. The number of carbonyl (C=O) groups is 1. The highest BCUT2D eigenvalue weighted by Crippen LogP contribution is 2.21. The summed E-state index contributed by atoms with van der Waals surface area (Å²) in [5.74, 6) is -0.994. The molecule has 0 bridgehead atoms. The Hall–Kier alpha value is -1.31. The van der Waals surface area contributed by atoms with E-state index in [9.17, 15) is 13.2 Å². The first kappa shape index (κ1) is 15.7. The lowest BCUT2D eigenvalue weighted by molar-refractivity contribution is 0.0697. The van der Waals surface area contributed by atoms with Gasteiger partial charge < -0.3 is 5.11 Å². The van der Waals surface area contributed by atoms with Gasteiger partial charge in [-0.3, -0.25) is 4.72 Å². The van der Waals surface area contributed by atoms with Crippen molar-refractivity contribution in [3.8, 4) is 0 Å². The van der Waals surface area contributed by atoms with Gasteiger partial charge in [0.05, 0.1) is 16.3 Å². The summed E-state index contributed by atoms with van der Waals surface area (Å²) in [6, 6.07) is 3.83. The van der Waals surface area contributed by atoms with Gasteiger partial charge in [0.2, 0.25) is 0 Å². The van der Waals surface area contributed by atoms with E-state index in [4.69, 9.17) is 16.7 Å². The lowest BCUT2D eigenvalue weighted by atomic mass is 10.2. The minimum absolute atomic E-state index is 0.0310. The van der Waals surface area contributed by atoms with E-state index < -0.39 is 16.2 Å². The molecule has 3 N–H and O–H groups in total. The fourth-order valence-corrected chi connectivity index (χ4v) is 2.54. The number of aromatic carboxylic acids is 1. The maximum Gasteiger partial charge on any atom is 0.337 e. The topological polar surface area (TPSA) is 95.5 Å². The highest BCUT2D eigenvalue weighted by atomic mass is 35.5. The van der Waals surface area contributed by atoms with Crippen molar-refractivity contribution in [1.82, 2.24) is 4.72 Å². The SMILES string of the molecule is CC(C)CNS(=O)(=O)Nc1ccc(C(=O)O)c(Cl)c1. The van der Waals surface area contributed by atoms with Crippen molar-refractivity contribution in [3.05, 3.63) is 28.8 Å². The van der Waals surface area contributed by atoms with E-state index in [1.165, 1.54) is 18.2 Å². The van der Waals surface area contributed by atoms with Crippen LogP contribution in [0.15, 0.2) is 18.2 Å². The lowest BCUT2D eigenvalue weighted by Gasteiger charge is -2.11. The maximum absolute atomic E-state index is 11.7. The molecule has 0 aliphatic rings. The molecule has 0 radical (unpaired) electrons. The zero-order valence-electron chi connectivity index (χ0n) is 10.5. The van der Waals surface area contributed by atoms with E-state index in [-0.39, 0.29) is 22.2 Å². The molecule has 0 atom stereocenters. The summed E-state index contributed by atoms with van der Waals surface area (Å²) in [4.78, 5) is 10.8. The summed E-state index contributed by atoms with van der Waals surface area (Å²) in [5.41, 5.74) is 0.117. The number of carboxylic acids is 1. The Labute approximate surface area is 117 Å².